The van der Waals surface area contributed by atoms with Crippen LogP contribution < -0.4 is 15.4 Å². The fourth-order valence-corrected chi connectivity index (χ4v) is 3.56. The first kappa shape index (κ1) is 21.4. The molecule has 1 atom stereocenters. The van der Waals surface area contributed by atoms with Crippen molar-refractivity contribution in [1.29, 1.82) is 0 Å². The molecular weight excluding hydrogens is 362 g/mol. The quantitative estimate of drug-likeness (QED) is 0.407. The number of nitrogens with one attached hydrogen (secondary N) is 2. The fraction of sp³-hybridized carbons (Fsp3) is 0.522. The molecule has 3 rings (SSSR count). The van der Waals surface area contributed by atoms with Crippen LogP contribution in [0.25, 0.3) is 10.8 Å². The number of aliphatic imine (C=N–C) groups is 1. The monoisotopic (exact) mass is 397 g/mol. The van der Waals surface area contributed by atoms with Crippen LogP contribution in [0.2, 0.25) is 0 Å². The van der Waals surface area contributed by atoms with Crippen molar-refractivity contribution in [2.24, 2.45) is 4.99 Å². The molecule has 158 valence electrons. The van der Waals surface area contributed by atoms with Gasteiger partial charge in [0.1, 0.15) is 5.75 Å². The molecule has 1 fully saturated rings. The molecule has 1 unspecified atom stereocenters. The van der Waals surface area contributed by atoms with Crippen molar-refractivity contribution in [2.45, 2.75) is 19.4 Å². The van der Waals surface area contributed by atoms with E-state index < -0.39 is 0 Å². The van der Waals surface area contributed by atoms with Gasteiger partial charge < -0.3 is 20.3 Å². The van der Waals surface area contributed by atoms with Gasteiger partial charge in [0.25, 0.3) is 0 Å². The third kappa shape index (κ3) is 6.61. The van der Waals surface area contributed by atoms with Gasteiger partial charge in [-0.05, 0) is 50.3 Å². The number of guanidine groups is 1. The molecule has 1 heterocycles. The average Bonchev–Trinajstić information content (AvgIpc) is 2.73. The summed E-state index contributed by atoms with van der Waals surface area (Å²) in [6.45, 7) is 8.59. The van der Waals surface area contributed by atoms with Gasteiger partial charge in [0.2, 0.25) is 0 Å². The average molecular weight is 398 g/mol. The van der Waals surface area contributed by atoms with E-state index in [2.05, 4.69) is 77.9 Å². The molecule has 2 N–H and O–H groups in total. The molecule has 29 heavy (non-hydrogen) atoms. The largest absolute Gasteiger partial charge is 0.494 e. The Hall–Kier alpha value is -2.31. The Morgan fingerprint density at radius 3 is 2.76 bits per heavy atom. The summed E-state index contributed by atoms with van der Waals surface area (Å²) < 4.78 is 5.92. The minimum Gasteiger partial charge on any atom is -0.494 e. The Morgan fingerprint density at radius 1 is 1.10 bits per heavy atom. The van der Waals surface area contributed by atoms with Crippen LogP contribution in [0.3, 0.4) is 0 Å². The number of rotatable bonds is 8. The van der Waals surface area contributed by atoms with Gasteiger partial charge in [-0.25, -0.2) is 0 Å². The fourth-order valence-electron chi connectivity index (χ4n) is 3.56. The number of hydrogen-bond acceptors (Lipinski definition) is 4. The second-order valence-corrected chi connectivity index (χ2v) is 7.75. The van der Waals surface area contributed by atoms with Gasteiger partial charge in [-0.15, -0.1) is 0 Å². The molecule has 1 saturated heterocycles. The van der Waals surface area contributed by atoms with Gasteiger partial charge in [-0.1, -0.05) is 30.3 Å². The normalized spacial score (nSPS) is 18.7. The molecule has 0 aromatic heterocycles. The van der Waals surface area contributed by atoms with Gasteiger partial charge in [-0.2, -0.15) is 0 Å². The van der Waals surface area contributed by atoms with Crippen molar-refractivity contribution in [3.8, 4) is 5.75 Å². The molecule has 0 aliphatic carbocycles. The van der Waals surface area contributed by atoms with Crippen molar-refractivity contribution < 1.29 is 4.74 Å². The number of hydrogen-bond donors (Lipinski definition) is 2. The van der Waals surface area contributed by atoms with Crippen molar-refractivity contribution in [1.82, 2.24) is 20.4 Å². The number of likely N-dealkylation sites (N-methyl/N-ethyl adjacent to an activating group) is 2. The maximum Gasteiger partial charge on any atom is 0.191 e. The third-order valence-corrected chi connectivity index (χ3v) is 5.39. The topological polar surface area (TPSA) is 52.1 Å². The second kappa shape index (κ2) is 11.0. The molecule has 2 aromatic carbocycles. The third-order valence-electron chi connectivity index (χ3n) is 5.39. The van der Waals surface area contributed by atoms with Crippen molar-refractivity contribution in [3.05, 3.63) is 42.5 Å². The van der Waals surface area contributed by atoms with Crippen LogP contribution in [-0.2, 0) is 0 Å². The Balaban J connectivity index is 1.41. The smallest absolute Gasteiger partial charge is 0.191 e. The highest BCUT2D eigenvalue weighted by atomic mass is 16.5. The van der Waals surface area contributed by atoms with Gasteiger partial charge in [-0.3, -0.25) is 9.89 Å². The molecule has 0 bridgehead atoms. The Morgan fingerprint density at radius 2 is 1.93 bits per heavy atom. The first-order valence-corrected chi connectivity index (χ1v) is 10.7. The highest BCUT2D eigenvalue weighted by molar-refractivity contribution is 5.83. The van der Waals surface area contributed by atoms with E-state index in [-0.39, 0.29) is 0 Å². The van der Waals surface area contributed by atoms with E-state index in [1.165, 1.54) is 10.8 Å². The van der Waals surface area contributed by atoms with Gasteiger partial charge >= 0.3 is 0 Å². The molecule has 6 heteroatoms. The number of nitrogens with zero attached hydrogens (tertiary/aromatic N) is 3. The molecule has 0 radical (unpaired) electrons. The van der Waals surface area contributed by atoms with Crippen LogP contribution in [0.4, 0.5) is 0 Å². The zero-order valence-corrected chi connectivity index (χ0v) is 18.0. The summed E-state index contributed by atoms with van der Waals surface area (Å²) in [5.74, 6) is 1.81. The molecule has 0 amide bonds. The van der Waals surface area contributed by atoms with Gasteiger partial charge in [0.15, 0.2) is 5.96 Å². The SMILES string of the molecule is CCNC(=NCC1CN(C)CCN1C)NCCCOc1ccc2ccccc2c1. The number of benzene rings is 2. The number of piperazine rings is 1. The first-order valence-electron chi connectivity index (χ1n) is 10.7. The van der Waals surface area contributed by atoms with Crippen LogP contribution in [0.5, 0.6) is 5.75 Å². The lowest BCUT2D eigenvalue weighted by Gasteiger charge is -2.36. The van der Waals surface area contributed by atoms with E-state index in [9.17, 15) is 0 Å². The maximum absolute atomic E-state index is 5.92. The van der Waals surface area contributed by atoms with E-state index in [1.807, 2.05) is 6.07 Å². The Labute approximate surface area is 174 Å². The lowest BCUT2D eigenvalue weighted by Crippen LogP contribution is -2.51. The van der Waals surface area contributed by atoms with E-state index >= 15 is 0 Å². The predicted molar refractivity (Wildman–Crippen MR) is 122 cm³/mol. The molecule has 2 aromatic rings. The summed E-state index contributed by atoms with van der Waals surface area (Å²) >= 11 is 0. The zero-order chi connectivity index (χ0) is 20.5. The molecule has 0 saturated carbocycles. The maximum atomic E-state index is 5.92. The highest BCUT2D eigenvalue weighted by Crippen LogP contribution is 2.20. The summed E-state index contributed by atoms with van der Waals surface area (Å²) in [5, 5.41) is 9.22. The molecular formula is C23H35N5O. The first-order chi connectivity index (χ1) is 14.2. The van der Waals surface area contributed by atoms with E-state index in [0.29, 0.717) is 12.6 Å². The molecule has 0 spiro atoms. The van der Waals surface area contributed by atoms with Gasteiger partial charge in [0.05, 0.1) is 13.2 Å². The van der Waals surface area contributed by atoms with Crippen molar-refractivity contribution >= 4 is 16.7 Å². The molecule has 1 aliphatic heterocycles. The van der Waals surface area contributed by atoms with E-state index in [0.717, 1.165) is 57.4 Å². The lowest BCUT2D eigenvalue weighted by atomic mass is 10.1. The summed E-state index contributed by atoms with van der Waals surface area (Å²) in [6.07, 6.45) is 0.920. The highest BCUT2D eigenvalue weighted by Gasteiger charge is 2.21. The van der Waals surface area contributed by atoms with Crippen LogP contribution in [0, 0.1) is 0 Å². The summed E-state index contributed by atoms with van der Waals surface area (Å²) in [6, 6.07) is 15.1. The predicted octanol–water partition coefficient (Wildman–Crippen LogP) is 2.41. The second-order valence-electron chi connectivity index (χ2n) is 7.75. The lowest BCUT2D eigenvalue weighted by molar-refractivity contribution is 0.119. The van der Waals surface area contributed by atoms with Crippen LogP contribution in [0.15, 0.2) is 47.5 Å². The van der Waals surface area contributed by atoms with Crippen molar-refractivity contribution in [2.75, 3.05) is 60.0 Å². The summed E-state index contributed by atoms with van der Waals surface area (Å²) in [7, 11) is 4.38. The number of fused-ring (bicyclic) bond motifs is 1. The summed E-state index contributed by atoms with van der Waals surface area (Å²) in [4.78, 5) is 9.58. The zero-order valence-electron chi connectivity index (χ0n) is 18.0. The van der Waals surface area contributed by atoms with Crippen LogP contribution in [0.1, 0.15) is 13.3 Å². The number of ether oxygens (including phenoxy) is 1. The minimum atomic E-state index is 0.473. The van der Waals surface area contributed by atoms with E-state index in [4.69, 9.17) is 9.73 Å². The molecule has 6 nitrogen and oxygen atoms in total. The summed E-state index contributed by atoms with van der Waals surface area (Å²) in [5.41, 5.74) is 0. The standard InChI is InChI=1S/C23H35N5O/c1-4-24-23(26-17-21-18-27(2)13-14-28(21)3)25-12-7-15-29-22-11-10-19-8-5-6-9-20(19)16-22/h5-6,8-11,16,21H,4,7,12-15,17-18H2,1-3H3,(H2,24,25,26). The van der Waals surface area contributed by atoms with Crippen molar-refractivity contribution in [3.63, 3.8) is 0 Å². The molecule has 1 aliphatic rings. The van der Waals surface area contributed by atoms with Gasteiger partial charge in [0, 0.05) is 38.8 Å². The van der Waals surface area contributed by atoms with Crippen LogP contribution in [-0.4, -0.2) is 81.8 Å². The Kier molecular flexibility index (Phi) is 8.14. The van der Waals surface area contributed by atoms with Crippen LogP contribution >= 0.6 is 0 Å². The van der Waals surface area contributed by atoms with E-state index in [1.54, 1.807) is 0 Å². The minimum absolute atomic E-state index is 0.473. The Bertz CT molecular complexity index is 794.